The maximum atomic E-state index is 14.6. The molecule has 0 spiro atoms. The van der Waals surface area contributed by atoms with E-state index in [-0.39, 0.29) is 56.2 Å². The summed E-state index contributed by atoms with van der Waals surface area (Å²) in [5.74, 6) is -5.90. The van der Waals surface area contributed by atoms with Gasteiger partial charge in [-0.15, -0.1) is 11.3 Å². The van der Waals surface area contributed by atoms with Gasteiger partial charge in [0.1, 0.15) is 29.4 Å². The van der Waals surface area contributed by atoms with E-state index < -0.39 is 89.3 Å². The van der Waals surface area contributed by atoms with Gasteiger partial charge in [-0.25, -0.2) is 4.99 Å². The Labute approximate surface area is 380 Å². The highest BCUT2D eigenvalue weighted by atomic mass is 32.1. The molecule has 3 saturated heterocycles. The summed E-state index contributed by atoms with van der Waals surface area (Å²) >= 11 is 1.23. The Kier molecular flexibility index (Phi) is 16.0. The number of aliphatic imine (C=N–C) groups is 1. The van der Waals surface area contributed by atoms with Crippen molar-refractivity contribution >= 4 is 46.3 Å². The molecule has 64 heavy (non-hydrogen) atoms. The van der Waals surface area contributed by atoms with Crippen molar-refractivity contribution < 1.29 is 57.9 Å². The van der Waals surface area contributed by atoms with Crippen LogP contribution in [0.1, 0.15) is 94.8 Å². The Morgan fingerprint density at radius 2 is 1.73 bits per heavy atom. The molecule has 352 valence electrons. The fourth-order valence-electron chi connectivity index (χ4n) is 9.59. The number of cyclic esters (lactones) is 1. The van der Waals surface area contributed by atoms with E-state index in [0.29, 0.717) is 28.4 Å². The molecule has 6 rings (SSSR count). The molecule has 0 aliphatic carbocycles. The first-order valence-corrected chi connectivity index (χ1v) is 23.2. The molecular formula is C47H66N4O12S. The lowest BCUT2D eigenvalue weighted by Crippen LogP contribution is -2.60. The number of amides is 2. The number of carbonyl (C=O) groups is 4. The average molecular weight is 911 g/mol. The second kappa shape index (κ2) is 20.7. The monoisotopic (exact) mass is 910 g/mol. The minimum Gasteiger partial charge on any atom is -0.459 e. The first kappa shape index (κ1) is 49.5. The van der Waals surface area contributed by atoms with E-state index in [4.69, 9.17) is 33.5 Å². The molecule has 4 aliphatic heterocycles. The largest absolute Gasteiger partial charge is 0.459 e. The number of hydrogen-bond acceptors (Lipinski definition) is 15. The van der Waals surface area contributed by atoms with Crippen molar-refractivity contribution in [3.63, 3.8) is 0 Å². The minimum absolute atomic E-state index is 0.0457. The number of nitrogens with one attached hydrogen (secondary N) is 1. The van der Waals surface area contributed by atoms with Crippen LogP contribution in [0.25, 0.3) is 0 Å². The van der Waals surface area contributed by atoms with Gasteiger partial charge in [-0.05, 0) is 84.7 Å². The highest BCUT2D eigenvalue weighted by Crippen LogP contribution is 2.40. The van der Waals surface area contributed by atoms with Gasteiger partial charge in [-0.3, -0.25) is 19.2 Å². The van der Waals surface area contributed by atoms with Crippen LogP contribution in [0.2, 0.25) is 0 Å². The Hall–Kier alpha value is -3.94. The van der Waals surface area contributed by atoms with Crippen molar-refractivity contribution in [2.45, 2.75) is 148 Å². The molecule has 2 aromatic rings. The van der Waals surface area contributed by atoms with Crippen LogP contribution in [0.5, 0.6) is 0 Å². The lowest BCUT2D eigenvalue weighted by atomic mass is 9.73. The molecule has 17 heteroatoms. The number of Topliss-reactive ketones (excluding diaryl/α,β-unsaturated/α-hetero) is 1. The SMILES string of the molecule is CC[C@H]1OC(=O)[C@H](C)C(=O)[C@H](C)[C@@H](O[C@@H]2O[C@H](C)C[C@H](N(C)C)[C@H]2O)[C@@]2(C)C[C@@H](C)C3=NC(=O)C(Cc4ccc(C(=O)NCc5ccccc5)s4)O/N=C(/CO[C@H]([C@H]3C)[C@]1(C)O)CO2. The fraction of sp³-hybridized carbons (Fsp3) is 0.660. The second-order valence-corrected chi connectivity index (χ2v) is 19.8. The van der Waals surface area contributed by atoms with Crippen molar-refractivity contribution in [1.29, 1.82) is 0 Å². The zero-order chi connectivity index (χ0) is 46.7. The van der Waals surface area contributed by atoms with Crippen molar-refractivity contribution in [3.8, 4) is 0 Å². The number of benzene rings is 1. The number of rotatable bonds is 9. The molecular weight excluding hydrogens is 845 g/mol. The number of ketones is 1. The number of likely N-dealkylation sites (N-methyl/N-ethyl adjacent to an activating group) is 1. The highest BCUT2D eigenvalue weighted by molar-refractivity contribution is 7.14. The van der Waals surface area contributed by atoms with Crippen molar-refractivity contribution in [2.24, 2.45) is 33.8 Å². The molecule has 2 amide bonds. The van der Waals surface area contributed by atoms with E-state index in [9.17, 15) is 29.4 Å². The average Bonchev–Trinajstić information content (AvgIpc) is 3.72. The molecule has 14 atom stereocenters. The molecule has 1 aromatic carbocycles. The lowest BCUT2D eigenvalue weighted by molar-refractivity contribution is -0.296. The summed E-state index contributed by atoms with van der Waals surface area (Å²) in [5.41, 5.74) is -1.75. The van der Waals surface area contributed by atoms with Crippen LogP contribution >= 0.6 is 11.3 Å². The van der Waals surface area contributed by atoms with Gasteiger partial charge in [0.25, 0.3) is 11.8 Å². The predicted octanol–water partition coefficient (Wildman–Crippen LogP) is 4.52. The van der Waals surface area contributed by atoms with Gasteiger partial charge in [-0.2, -0.15) is 0 Å². The first-order chi connectivity index (χ1) is 30.2. The molecule has 16 nitrogen and oxygen atoms in total. The maximum absolute atomic E-state index is 14.6. The summed E-state index contributed by atoms with van der Waals surface area (Å²) < 4.78 is 32.5. The number of esters is 1. The van der Waals surface area contributed by atoms with Crippen LogP contribution < -0.4 is 5.32 Å². The number of carbonyl (C=O) groups excluding carboxylic acids is 4. The van der Waals surface area contributed by atoms with Crippen LogP contribution in [-0.2, 0) is 55.9 Å². The summed E-state index contributed by atoms with van der Waals surface area (Å²) in [6.45, 7) is 13.7. The Morgan fingerprint density at radius 1 is 1.02 bits per heavy atom. The summed E-state index contributed by atoms with van der Waals surface area (Å²) in [4.78, 5) is 70.0. The number of oxime groups is 1. The Balaban J connectivity index is 1.42. The number of ether oxygens (including phenoxy) is 5. The Bertz CT molecular complexity index is 2040. The smallest absolute Gasteiger partial charge is 0.316 e. The normalized spacial score (nSPS) is 37.6. The van der Waals surface area contributed by atoms with Gasteiger partial charge in [0.15, 0.2) is 12.1 Å². The topological polar surface area (TPSA) is 204 Å². The molecule has 3 fully saturated rings. The van der Waals surface area contributed by atoms with E-state index in [0.717, 1.165) is 5.56 Å². The van der Waals surface area contributed by atoms with E-state index in [1.807, 2.05) is 63.2 Å². The van der Waals surface area contributed by atoms with E-state index in [1.54, 1.807) is 39.8 Å². The van der Waals surface area contributed by atoms with Gasteiger partial charge in [-0.1, -0.05) is 63.2 Å². The van der Waals surface area contributed by atoms with E-state index in [2.05, 4.69) is 10.5 Å². The minimum atomic E-state index is -1.86. The number of hydrogen-bond donors (Lipinski definition) is 3. The summed E-state index contributed by atoms with van der Waals surface area (Å²) in [5, 5.41) is 31.5. The van der Waals surface area contributed by atoms with Gasteiger partial charge in [0.05, 0.1) is 42.0 Å². The third kappa shape index (κ3) is 11.0. The zero-order valence-electron chi connectivity index (χ0n) is 38.6. The van der Waals surface area contributed by atoms with Crippen molar-refractivity contribution in [3.05, 3.63) is 57.8 Å². The van der Waals surface area contributed by atoms with Crippen LogP contribution in [0.15, 0.2) is 52.6 Å². The summed E-state index contributed by atoms with van der Waals surface area (Å²) in [6.07, 6.45) is -6.35. The molecule has 1 aromatic heterocycles. The van der Waals surface area contributed by atoms with Crippen molar-refractivity contribution in [2.75, 3.05) is 27.3 Å². The highest BCUT2D eigenvalue weighted by Gasteiger charge is 2.53. The van der Waals surface area contributed by atoms with Gasteiger partial charge in [0, 0.05) is 41.4 Å². The summed E-state index contributed by atoms with van der Waals surface area (Å²) in [7, 11) is 3.73. The molecule has 4 aliphatic rings. The van der Waals surface area contributed by atoms with Gasteiger partial charge in [0.2, 0.25) is 6.10 Å². The zero-order valence-corrected chi connectivity index (χ0v) is 39.5. The summed E-state index contributed by atoms with van der Waals surface area (Å²) in [6, 6.07) is 12.7. The number of aliphatic hydroxyl groups excluding tert-OH is 1. The Morgan fingerprint density at radius 3 is 2.42 bits per heavy atom. The number of aliphatic hydroxyl groups is 2. The molecule has 3 N–H and O–H groups in total. The number of fused-ring (bicyclic) bond motifs is 4. The number of thiophene rings is 1. The predicted molar refractivity (Wildman–Crippen MR) is 239 cm³/mol. The third-order valence-corrected chi connectivity index (χ3v) is 14.3. The molecule has 0 saturated carbocycles. The molecule has 5 heterocycles. The fourth-order valence-corrected chi connectivity index (χ4v) is 10.5. The van der Waals surface area contributed by atoms with Crippen LogP contribution in [0, 0.1) is 23.7 Å². The molecule has 0 radical (unpaired) electrons. The van der Waals surface area contributed by atoms with E-state index >= 15 is 0 Å². The van der Waals surface area contributed by atoms with Crippen molar-refractivity contribution in [1.82, 2.24) is 10.2 Å². The standard InChI is InChI=1S/C47H66N4O12S/c1-11-36-47(8,57)41-27(4)37-25(2)21-46(7,40(28(5)38(52)29(6)44(56)61-36)62-45-39(53)33(51(9)10)19-26(3)60-45)59-24-31(23-58-41)50-63-34(42(54)49-37)20-32-17-18-35(64-32)43(55)48-22-30-15-13-12-14-16-30/h12-18,25-29,33-34,36,39-41,45,53,57H,11,19-24H2,1-10H3,(H,48,55)/b49-37?,50-31-/t25-,26-,27+,28+,29-,33+,34?,36-,39-,40-,41-,45+,46-,47-/m1/s1. The van der Waals surface area contributed by atoms with Crippen LogP contribution in [-0.4, -0.2) is 138 Å². The maximum Gasteiger partial charge on any atom is 0.316 e. The van der Waals surface area contributed by atoms with E-state index in [1.165, 1.54) is 25.2 Å². The third-order valence-electron chi connectivity index (χ3n) is 13.2. The number of nitrogens with zero attached hydrogens (tertiary/aromatic N) is 3. The lowest BCUT2D eigenvalue weighted by Gasteiger charge is -2.47. The van der Waals surface area contributed by atoms with Gasteiger partial charge >= 0.3 is 5.97 Å². The first-order valence-electron chi connectivity index (χ1n) is 22.4. The second-order valence-electron chi connectivity index (χ2n) is 18.6. The quantitative estimate of drug-likeness (QED) is 0.234. The van der Waals surface area contributed by atoms with Crippen LogP contribution in [0.4, 0.5) is 0 Å². The molecule has 4 bridgehead atoms. The van der Waals surface area contributed by atoms with Crippen LogP contribution in [0.3, 0.4) is 0 Å². The molecule has 1 unspecified atom stereocenters. The van der Waals surface area contributed by atoms with Gasteiger partial charge < -0.3 is 49.0 Å².